The first kappa shape index (κ1) is 19.2. The Labute approximate surface area is 202 Å². The van der Waals surface area contributed by atoms with Crippen LogP contribution in [0.2, 0.25) is 0 Å². The van der Waals surface area contributed by atoms with Crippen LogP contribution in [0.15, 0.2) is 42.7 Å². The Kier molecular flexibility index (Phi) is 5.69. The second-order valence-corrected chi connectivity index (χ2v) is 7.76. The maximum absolute atomic E-state index is 12.8. The predicted octanol–water partition coefficient (Wildman–Crippen LogP) is 3.43. The van der Waals surface area contributed by atoms with E-state index >= 15 is 0 Å². The van der Waals surface area contributed by atoms with E-state index in [9.17, 15) is 9.59 Å². The Bertz CT molecular complexity index is 1360. The van der Waals surface area contributed by atoms with Gasteiger partial charge in [0.1, 0.15) is 5.82 Å². The summed E-state index contributed by atoms with van der Waals surface area (Å²) in [6.45, 7) is -2.12. The largest absolute Gasteiger partial charge is 0.494 e. The first-order valence-corrected chi connectivity index (χ1v) is 10.7. The zero-order valence-corrected chi connectivity index (χ0v) is 18.6. The molecule has 1 aliphatic carbocycles. The summed E-state index contributed by atoms with van der Waals surface area (Å²) in [4.78, 5) is 29.2. The number of hydrogen-bond donors (Lipinski definition) is 3. The average Bonchev–Trinajstić information content (AvgIpc) is 3.60. The monoisotopic (exact) mass is 461 g/mol. The molecule has 1 fully saturated rings. The first-order chi connectivity index (χ1) is 17.7. The molecular weight excluding hydrogens is 432 g/mol. The van der Waals surface area contributed by atoms with Crippen molar-refractivity contribution < 1.29 is 18.4 Å². The molecule has 4 rings (SSSR count). The number of amides is 2. The van der Waals surface area contributed by atoms with Crippen LogP contribution in [0.25, 0.3) is 11.3 Å². The normalized spacial score (nSPS) is 14.2. The van der Waals surface area contributed by atoms with Gasteiger partial charge in [0.25, 0.3) is 5.91 Å². The van der Waals surface area contributed by atoms with E-state index in [-0.39, 0.29) is 28.9 Å². The van der Waals surface area contributed by atoms with E-state index < -0.39 is 12.9 Å². The van der Waals surface area contributed by atoms with Gasteiger partial charge in [0.2, 0.25) is 5.91 Å². The van der Waals surface area contributed by atoms with Crippen LogP contribution in [0, 0.1) is 18.3 Å². The van der Waals surface area contributed by atoms with E-state index in [0.717, 1.165) is 12.8 Å². The Hall–Kier alpha value is -4.32. The van der Waals surface area contributed by atoms with Gasteiger partial charge in [-0.3, -0.25) is 14.3 Å². The highest BCUT2D eigenvalue weighted by molar-refractivity contribution is 6.01. The number of aryl methyl sites for hydroxylation is 1. The van der Waals surface area contributed by atoms with Crippen molar-refractivity contribution in [1.82, 2.24) is 20.1 Å². The zero-order chi connectivity index (χ0) is 26.6. The second-order valence-electron chi connectivity index (χ2n) is 7.76. The minimum absolute atomic E-state index is 0.0217. The maximum atomic E-state index is 12.8. The van der Waals surface area contributed by atoms with Crippen LogP contribution in [0.1, 0.15) is 33.7 Å². The number of para-hydroxylation sites is 1. The van der Waals surface area contributed by atoms with Gasteiger partial charge in [0.05, 0.1) is 36.3 Å². The lowest BCUT2D eigenvalue weighted by Gasteiger charge is -2.17. The number of benzene rings is 1. The van der Waals surface area contributed by atoms with Crippen LogP contribution in [0.4, 0.5) is 17.2 Å². The van der Waals surface area contributed by atoms with Gasteiger partial charge in [-0.15, -0.1) is 12.3 Å². The number of carbonyl (C=O) groups excluding carboxylic acids is 2. The summed E-state index contributed by atoms with van der Waals surface area (Å²) in [6, 6.07) is 8.69. The van der Waals surface area contributed by atoms with Crippen molar-refractivity contribution in [1.29, 1.82) is 0 Å². The van der Waals surface area contributed by atoms with E-state index in [4.69, 9.17) is 15.3 Å². The van der Waals surface area contributed by atoms with Crippen molar-refractivity contribution in [2.75, 3.05) is 24.7 Å². The average molecular weight is 462 g/mol. The number of carbonyl (C=O) groups is 2. The lowest BCUT2D eigenvalue weighted by Crippen LogP contribution is -2.20. The molecule has 174 valence electrons. The molecule has 1 aromatic carbocycles. The third-order valence-electron chi connectivity index (χ3n) is 5.35. The number of ether oxygens (including phenoxy) is 1. The summed E-state index contributed by atoms with van der Waals surface area (Å²) < 4.78 is 29.6. The third-order valence-corrected chi connectivity index (χ3v) is 5.35. The summed E-state index contributed by atoms with van der Waals surface area (Å²) in [5.74, 6) is 2.21. The number of anilines is 3. The molecule has 1 saturated carbocycles. The fourth-order valence-corrected chi connectivity index (χ4v) is 3.46. The van der Waals surface area contributed by atoms with E-state index in [2.05, 4.69) is 26.6 Å². The SMILES string of the molecule is [2H]C([2H])([2H])NC(=O)c1cnc(NC(=O)C2CC2)cc1Nc1cccc(-c2ccn(CCC#C)n2)c1OC. The molecule has 3 aromatic rings. The molecule has 2 aromatic heterocycles. The van der Waals surface area contributed by atoms with Crippen molar-refractivity contribution in [2.24, 2.45) is 5.92 Å². The Morgan fingerprint density at radius 2 is 2.18 bits per heavy atom. The molecule has 9 nitrogen and oxygen atoms in total. The number of methoxy groups -OCH3 is 1. The molecule has 2 heterocycles. The number of hydrogen-bond acceptors (Lipinski definition) is 6. The van der Waals surface area contributed by atoms with Crippen molar-refractivity contribution in [3.05, 3.63) is 48.3 Å². The van der Waals surface area contributed by atoms with Gasteiger partial charge in [0.15, 0.2) is 5.75 Å². The van der Waals surface area contributed by atoms with Gasteiger partial charge >= 0.3 is 0 Å². The number of nitrogens with zero attached hydrogens (tertiary/aromatic N) is 3. The molecule has 0 atom stereocenters. The third kappa shape index (κ3) is 5.02. The standard InChI is InChI=1S/C25H26N6O3/c1-4-5-12-31-13-11-19(30-31)17-7-6-8-20(23(17)34-3)28-21-14-22(29-24(32)16-9-10-16)27-15-18(21)25(33)26-2/h1,6-8,11,13-16H,5,9-10,12H2,2-3H3,(H,26,33)(H2,27,28,29,32)/i2D3. The second kappa shape index (κ2) is 10.1. The summed E-state index contributed by atoms with van der Waals surface area (Å²) >= 11 is 0. The van der Waals surface area contributed by atoms with Crippen LogP contribution in [-0.4, -0.2) is 40.7 Å². The van der Waals surface area contributed by atoms with Gasteiger partial charge in [-0.25, -0.2) is 4.98 Å². The van der Waals surface area contributed by atoms with Crippen LogP contribution in [-0.2, 0) is 11.3 Å². The summed E-state index contributed by atoms with van der Waals surface area (Å²) in [7, 11) is 1.51. The lowest BCUT2D eigenvalue weighted by molar-refractivity contribution is -0.117. The van der Waals surface area contributed by atoms with Gasteiger partial charge in [-0.2, -0.15) is 5.10 Å². The van der Waals surface area contributed by atoms with Crippen molar-refractivity contribution >= 4 is 29.0 Å². The summed E-state index contributed by atoms with van der Waals surface area (Å²) in [5.41, 5.74) is 2.05. The molecule has 0 bridgehead atoms. The number of aromatic nitrogens is 3. The molecule has 3 N–H and O–H groups in total. The molecule has 0 spiro atoms. The molecule has 2 amide bonds. The fraction of sp³-hybridized carbons (Fsp3) is 0.280. The van der Waals surface area contributed by atoms with Gasteiger partial charge in [-0.1, -0.05) is 6.07 Å². The highest BCUT2D eigenvalue weighted by Gasteiger charge is 2.30. The van der Waals surface area contributed by atoms with E-state index in [0.29, 0.717) is 35.7 Å². The smallest absolute Gasteiger partial charge is 0.254 e. The predicted molar refractivity (Wildman–Crippen MR) is 130 cm³/mol. The fourth-order valence-electron chi connectivity index (χ4n) is 3.46. The number of pyridine rings is 1. The Morgan fingerprint density at radius 3 is 2.91 bits per heavy atom. The number of terminal acetylenes is 1. The van der Waals surface area contributed by atoms with Crippen LogP contribution >= 0.6 is 0 Å². The molecule has 34 heavy (non-hydrogen) atoms. The Morgan fingerprint density at radius 1 is 1.32 bits per heavy atom. The van der Waals surface area contributed by atoms with Crippen LogP contribution in [0.3, 0.4) is 0 Å². The zero-order valence-electron chi connectivity index (χ0n) is 21.6. The highest BCUT2D eigenvalue weighted by atomic mass is 16.5. The molecule has 0 unspecified atom stereocenters. The Balaban J connectivity index is 1.69. The van der Waals surface area contributed by atoms with Gasteiger partial charge in [0, 0.05) is 47.5 Å². The molecular formula is C25H26N6O3. The van der Waals surface area contributed by atoms with E-state index in [1.54, 1.807) is 16.8 Å². The van der Waals surface area contributed by atoms with E-state index in [1.807, 2.05) is 23.6 Å². The van der Waals surface area contributed by atoms with Crippen LogP contribution in [0.5, 0.6) is 5.75 Å². The van der Waals surface area contributed by atoms with Gasteiger partial charge in [-0.05, 0) is 31.0 Å². The maximum Gasteiger partial charge on any atom is 0.254 e. The quantitative estimate of drug-likeness (QED) is 0.421. The minimum atomic E-state index is -2.69. The van der Waals surface area contributed by atoms with Gasteiger partial charge < -0.3 is 20.7 Å². The highest BCUT2D eigenvalue weighted by Crippen LogP contribution is 2.38. The molecule has 9 heteroatoms. The van der Waals surface area contributed by atoms with Crippen molar-refractivity contribution in [3.8, 4) is 29.4 Å². The summed E-state index contributed by atoms with van der Waals surface area (Å²) in [5, 5.41) is 12.4. The van der Waals surface area contributed by atoms with Crippen LogP contribution < -0.4 is 20.7 Å². The first-order valence-electron chi connectivity index (χ1n) is 12.2. The molecule has 1 aliphatic rings. The molecule has 0 saturated heterocycles. The molecule has 0 radical (unpaired) electrons. The minimum Gasteiger partial charge on any atom is -0.494 e. The summed E-state index contributed by atoms with van der Waals surface area (Å²) in [6.07, 6.45) is 10.6. The van der Waals surface area contributed by atoms with E-state index in [1.165, 1.54) is 19.4 Å². The number of nitrogens with one attached hydrogen (secondary N) is 3. The van der Waals surface area contributed by atoms with Crippen molar-refractivity contribution in [2.45, 2.75) is 25.8 Å². The molecule has 0 aliphatic heterocycles. The van der Waals surface area contributed by atoms with Crippen molar-refractivity contribution in [3.63, 3.8) is 0 Å². The number of rotatable bonds is 9. The topological polar surface area (TPSA) is 110 Å². The lowest BCUT2D eigenvalue weighted by atomic mass is 10.1.